The summed E-state index contributed by atoms with van der Waals surface area (Å²) in [5.74, 6) is 0. The Morgan fingerprint density at radius 2 is 1.89 bits per heavy atom. The molecular formula is C14H32N4O. The molecule has 114 valence electrons. The molecule has 1 unspecified atom stereocenters. The van der Waals surface area contributed by atoms with Gasteiger partial charge >= 0.3 is 0 Å². The molecule has 1 heterocycles. The number of nitrogens with zero attached hydrogens (tertiary/aromatic N) is 1. The van der Waals surface area contributed by atoms with E-state index in [1.165, 1.54) is 0 Å². The van der Waals surface area contributed by atoms with Gasteiger partial charge in [-0.1, -0.05) is 13.8 Å². The van der Waals surface area contributed by atoms with E-state index in [-0.39, 0.29) is 11.7 Å². The number of ether oxygens (including phenoxy) is 1. The zero-order valence-corrected chi connectivity index (χ0v) is 12.7. The van der Waals surface area contributed by atoms with Crippen molar-refractivity contribution in [2.45, 2.75) is 51.2 Å². The van der Waals surface area contributed by atoms with Crippen molar-refractivity contribution in [3.05, 3.63) is 0 Å². The summed E-state index contributed by atoms with van der Waals surface area (Å²) < 4.78 is 5.33. The van der Waals surface area contributed by atoms with Crippen molar-refractivity contribution >= 4 is 0 Å². The summed E-state index contributed by atoms with van der Waals surface area (Å²) in [5, 5.41) is 3.39. The SMILES string of the molecule is CCC(N)(CC)CCNC(N)CCN1CCOCC1. The first-order valence-corrected chi connectivity index (χ1v) is 7.67. The van der Waals surface area contributed by atoms with Gasteiger partial charge in [0, 0.05) is 25.2 Å². The molecule has 0 aromatic heterocycles. The predicted molar refractivity (Wildman–Crippen MR) is 80.0 cm³/mol. The lowest BCUT2D eigenvalue weighted by atomic mass is 9.90. The minimum Gasteiger partial charge on any atom is -0.379 e. The van der Waals surface area contributed by atoms with Crippen molar-refractivity contribution in [3.63, 3.8) is 0 Å². The number of hydrogen-bond acceptors (Lipinski definition) is 5. The molecule has 0 aromatic rings. The maximum absolute atomic E-state index is 6.27. The fraction of sp³-hybridized carbons (Fsp3) is 1.00. The number of hydrogen-bond donors (Lipinski definition) is 3. The van der Waals surface area contributed by atoms with Gasteiger partial charge < -0.3 is 21.5 Å². The molecule has 0 aliphatic carbocycles. The summed E-state index contributed by atoms with van der Waals surface area (Å²) in [6.07, 6.45) is 4.09. The van der Waals surface area contributed by atoms with Gasteiger partial charge in [-0.15, -0.1) is 0 Å². The van der Waals surface area contributed by atoms with Gasteiger partial charge in [0.15, 0.2) is 0 Å². The Morgan fingerprint density at radius 3 is 2.47 bits per heavy atom. The number of morpholine rings is 1. The van der Waals surface area contributed by atoms with E-state index >= 15 is 0 Å². The quantitative estimate of drug-likeness (QED) is 0.533. The van der Waals surface area contributed by atoms with E-state index in [2.05, 4.69) is 24.1 Å². The third-order valence-corrected chi connectivity index (χ3v) is 4.30. The summed E-state index contributed by atoms with van der Waals surface area (Å²) >= 11 is 0. The van der Waals surface area contributed by atoms with Crippen LogP contribution in [-0.2, 0) is 4.74 Å². The molecule has 1 fully saturated rings. The normalized spacial score (nSPS) is 19.6. The topological polar surface area (TPSA) is 76.5 Å². The molecule has 1 atom stereocenters. The minimum absolute atomic E-state index is 0.0308. The molecule has 0 saturated carbocycles. The first kappa shape index (κ1) is 16.9. The van der Waals surface area contributed by atoms with Crippen LogP contribution in [0.25, 0.3) is 0 Å². The van der Waals surface area contributed by atoms with Crippen LogP contribution < -0.4 is 16.8 Å². The van der Waals surface area contributed by atoms with Gasteiger partial charge in [-0.3, -0.25) is 4.90 Å². The van der Waals surface area contributed by atoms with Crippen LogP contribution in [0.1, 0.15) is 39.5 Å². The van der Waals surface area contributed by atoms with Gasteiger partial charge in [0.2, 0.25) is 0 Å². The van der Waals surface area contributed by atoms with Gasteiger partial charge in [-0.2, -0.15) is 0 Å². The molecule has 1 rings (SSSR count). The van der Waals surface area contributed by atoms with Crippen LogP contribution in [0.4, 0.5) is 0 Å². The molecular weight excluding hydrogens is 240 g/mol. The zero-order chi connectivity index (χ0) is 14.1. The van der Waals surface area contributed by atoms with E-state index in [9.17, 15) is 0 Å². The lowest BCUT2D eigenvalue weighted by molar-refractivity contribution is 0.0362. The summed E-state index contributed by atoms with van der Waals surface area (Å²) in [6, 6.07) is 0. The molecule has 19 heavy (non-hydrogen) atoms. The van der Waals surface area contributed by atoms with Crippen molar-refractivity contribution in [2.24, 2.45) is 11.5 Å². The average Bonchev–Trinajstić information content (AvgIpc) is 2.46. The van der Waals surface area contributed by atoms with Gasteiger partial charge in [0.1, 0.15) is 0 Å². The highest BCUT2D eigenvalue weighted by atomic mass is 16.5. The summed E-state index contributed by atoms with van der Waals surface area (Å²) in [4.78, 5) is 2.41. The largest absolute Gasteiger partial charge is 0.379 e. The summed E-state index contributed by atoms with van der Waals surface area (Å²) in [7, 11) is 0. The third-order valence-electron chi connectivity index (χ3n) is 4.30. The van der Waals surface area contributed by atoms with Crippen molar-refractivity contribution in [1.82, 2.24) is 10.2 Å². The van der Waals surface area contributed by atoms with E-state index in [1.54, 1.807) is 0 Å². The zero-order valence-electron chi connectivity index (χ0n) is 12.7. The van der Waals surface area contributed by atoms with Crippen LogP contribution in [0.2, 0.25) is 0 Å². The molecule has 0 bridgehead atoms. The van der Waals surface area contributed by atoms with Crippen LogP contribution in [0.5, 0.6) is 0 Å². The number of nitrogens with two attached hydrogens (primary N) is 2. The molecule has 5 nitrogen and oxygen atoms in total. The van der Waals surface area contributed by atoms with Crippen molar-refractivity contribution in [1.29, 1.82) is 0 Å². The van der Waals surface area contributed by atoms with E-state index in [4.69, 9.17) is 16.2 Å². The Balaban J connectivity index is 2.08. The maximum atomic E-state index is 6.27. The van der Waals surface area contributed by atoms with E-state index < -0.39 is 0 Å². The van der Waals surface area contributed by atoms with E-state index in [0.29, 0.717) is 0 Å². The smallest absolute Gasteiger partial charge is 0.0594 e. The number of nitrogens with one attached hydrogen (secondary N) is 1. The first-order valence-electron chi connectivity index (χ1n) is 7.67. The molecule has 0 amide bonds. The highest BCUT2D eigenvalue weighted by molar-refractivity contribution is 4.82. The second-order valence-electron chi connectivity index (χ2n) is 5.62. The molecule has 1 aliphatic heterocycles. The Bertz CT molecular complexity index is 227. The first-order chi connectivity index (χ1) is 9.09. The molecule has 1 aliphatic rings. The molecule has 0 spiro atoms. The summed E-state index contributed by atoms with van der Waals surface area (Å²) in [6.45, 7) is 10.0. The van der Waals surface area contributed by atoms with E-state index in [1.807, 2.05) is 0 Å². The summed E-state index contributed by atoms with van der Waals surface area (Å²) in [5.41, 5.74) is 12.3. The van der Waals surface area contributed by atoms with Crippen molar-refractivity contribution in [2.75, 3.05) is 39.4 Å². The Kier molecular flexibility index (Phi) is 7.87. The Hall–Kier alpha value is -0.200. The van der Waals surface area contributed by atoms with Crippen LogP contribution in [-0.4, -0.2) is 56.0 Å². The number of rotatable bonds is 9. The predicted octanol–water partition coefficient (Wildman–Crippen LogP) is 0.491. The van der Waals surface area contributed by atoms with Crippen LogP contribution in [0.15, 0.2) is 0 Å². The molecule has 5 N–H and O–H groups in total. The van der Waals surface area contributed by atoms with Crippen LogP contribution >= 0.6 is 0 Å². The second-order valence-corrected chi connectivity index (χ2v) is 5.62. The Morgan fingerprint density at radius 1 is 1.26 bits per heavy atom. The fourth-order valence-electron chi connectivity index (χ4n) is 2.36. The average molecular weight is 272 g/mol. The van der Waals surface area contributed by atoms with Crippen molar-refractivity contribution < 1.29 is 4.74 Å². The lowest BCUT2D eigenvalue weighted by Gasteiger charge is -2.29. The molecule has 1 saturated heterocycles. The maximum Gasteiger partial charge on any atom is 0.0594 e. The minimum atomic E-state index is -0.0308. The van der Waals surface area contributed by atoms with Crippen LogP contribution in [0.3, 0.4) is 0 Å². The molecule has 5 heteroatoms. The second kappa shape index (κ2) is 8.87. The third kappa shape index (κ3) is 6.68. The van der Waals surface area contributed by atoms with Gasteiger partial charge in [0.25, 0.3) is 0 Å². The van der Waals surface area contributed by atoms with Crippen LogP contribution in [0, 0.1) is 0 Å². The van der Waals surface area contributed by atoms with Gasteiger partial charge in [-0.25, -0.2) is 0 Å². The monoisotopic (exact) mass is 272 g/mol. The molecule has 0 radical (unpaired) electrons. The Labute approximate surface area is 118 Å². The highest BCUT2D eigenvalue weighted by Crippen LogP contribution is 2.14. The lowest BCUT2D eigenvalue weighted by Crippen LogP contribution is -2.46. The molecule has 0 aromatic carbocycles. The van der Waals surface area contributed by atoms with E-state index in [0.717, 1.165) is 65.1 Å². The standard InChI is InChI=1S/C14H32N4O/c1-3-14(16,4-2)6-7-17-13(15)5-8-18-9-11-19-12-10-18/h13,17H,3-12,15-16H2,1-2H3. The highest BCUT2D eigenvalue weighted by Gasteiger charge is 2.19. The van der Waals surface area contributed by atoms with Gasteiger partial charge in [-0.05, 0) is 32.2 Å². The fourth-order valence-corrected chi connectivity index (χ4v) is 2.36. The van der Waals surface area contributed by atoms with Crippen molar-refractivity contribution in [3.8, 4) is 0 Å². The van der Waals surface area contributed by atoms with Gasteiger partial charge in [0.05, 0.1) is 19.4 Å².